The second-order valence-electron chi connectivity index (χ2n) is 43.6. The van der Waals surface area contributed by atoms with Gasteiger partial charge in [0.15, 0.2) is 5.13 Å². The van der Waals surface area contributed by atoms with Crippen LogP contribution >= 0.6 is 11.3 Å². The lowest BCUT2D eigenvalue weighted by molar-refractivity contribution is -0.119. The molecule has 14 rings (SSSR count). The monoisotopic (exact) mass is 1810 g/mol. The van der Waals surface area contributed by atoms with Crippen molar-refractivity contribution in [2.24, 2.45) is 5.73 Å². The Kier molecular flexibility index (Phi) is 45.7. The maximum atomic E-state index is 10.7. The van der Waals surface area contributed by atoms with Crippen LogP contribution in [0.2, 0.25) is 0 Å². The highest BCUT2D eigenvalue weighted by molar-refractivity contribution is 7.13. The number of anilines is 3. The molecule has 6 aromatic rings. The summed E-state index contributed by atoms with van der Waals surface area (Å²) in [5.74, 6) is 0.880. The van der Waals surface area contributed by atoms with E-state index in [0.717, 1.165) is 189 Å². The van der Waals surface area contributed by atoms with Gasteiger partial charge in [-0.1, -0.05) is 12.1 Å². The van der Waals surface area contributed by atoms with Gasteiger partial charge in [0, 0.05) is 348 Å². The van der Waals surface area contributed by atoms with E-state index in [4.69, 9.17) is 15.6 Å². The number of aromatic nitrogens is 7. The molecule has 0 atom stereocenters. The third kappa shape index (κ3) is 42.0. The van der Waals surface area contributed by atoms with Crippen LogP contribution in [0.1, 0.15) is 177 Å². The maximum Gasteiger partial charge on any atom is 0.231 e. The van der Waals surface area contributed by atoms with Gasteiger partial charge in [0.1, 0.15) is 5.82 Å². The van der Waals surface area contributed by atoms with Crippen LogP contribution in [0, 0.1) is 0 Å². The summed E-state index contributed by atoms with van der Waals surface area (Å²) in [6.07, 6.45) is 22.0. The first-order valence-corrected chi connectivity index (χ1v) is 49.5. The standard InChI is InChI=1S/C15H25N3.C14H23N3.C13H24N4.2C13H21N3.C12H26N2O2.C11H19N3S.C10H21N3O/c1-15(2,3)18-12-10-17(11-13-18)9-6-14-4-7-16-8-5-14;1-14(2,3)17-9-7-16(8-10-17)12-13-5-4-6-15-11-13;1-13(2,3)17-10-8-15(9-11-17)6-7-16-5-4-14-12-16;1-13(2,3)16-9-7-15(8-10-16)12-5-4-6-14-11-12;1-13(2,3)16-10-8-15(9-11-16)12-6-4-5-7-14-12;1-12(2,3)14-6-4-13(5-7-14)8-10-16-11-9-15;1-11(2,3)14-7-5-13(6-8-14)10-12-4-9-15-10;1-10(2,3)13-6-4-12(5-7-13)8-9(11)14/h4-5,7-8H,6,9-13H2,1-3H3;4-6,11H,7-10,12H2,1-3H3;4-5,12H,6-11H2,1-3H3;4-6,11H,7-10H2,1-3H3;4-7H,8-11H2,1-3H3;15H,4-11H2,1-3H3;4,9H,5-8H2,1-3H3;4-8H2,1-3H3,(H2,11,14). The molecule has 0 saturated carbocycles. The Bertz CT molecular complexity index is 3760. The molecule has 0 bridgehead atoms. The predicted molar refractivity (Wildman–Crippen MR) is 540 cm³/mol. The zero-order valence-corrected chi connectivity index (χ0v) is 86.2. The molecule has 129 heavy (non-hydrogen) atoms. The molecule has 8 aliphatic heterocycles. The average Bonchev–Trinajstić information content (AvgIpc) is 1.82. The molecule has 6 aromatic heterocycles. The van der Waals surface area contributed by atoms with Crippen LogP contribution in [0.4, 0.5) is 16.6 Å². The van der Waals surface area contributed by atoms with Gasteiger partial charge < -0.3 is 39.7 Å². The van der Waals surface area contributed by atoms with Crippen molar-refractivity contribution in [1.82, 2.24) is 98.2 Å². The number of nitrogens with two attached hydrogens (primary N) is 1. The zero-order valence-electron chi connectivity index (χ0n) is 85.4. The number of amides is 1. The topological polar surface area (TPSA) is 207 Å². The van der Waals surface area contributed by atoms with Gasteiger partial charge >= 0.3 is 0 Å². The maximum absolute atomic E-state index is 10.7. The molecule has 0 unspecified atom stereocenters. The highest BCUT2D eigenvalue weighted by Crippen LogP contribution is 2.27. The van der Waals surface area contributed by atoms with Gasteiger partial charge in [-0.25, -0.2) is 15.0 Å². The van der Waals surface area contributed by atoms with Crippen molar-refractivity contribution in [2.45, 2.75) is 230 Å². The summed E-state index contributed by atoms with van der Waals surface area (Å²) in [5, 5.41) is 11.8. The van der Waals surface area contributed by atoms with Crippen molar-refractivity contribution in [3.63, 3.8) is 0 Å². The van der Waals surface area contributed by atoms with Crippen molar-refractivity contribution < 1.29 is 14.6 Å². The van der Waals surface area contributed by atoms with Crippen LogP contribution in [0.3, 0.4) is 0 Å². The summed E-state index contributed by atoms with van der Waals surface area (Å²) in [6, 6.07) is 18.7. The summed E-state index contributed by atoms with van der Waals surface area (Å²) in [4.78, 5) is 75.5. The molecule has 8 saturated heterocycles. The quantitative estimate of drug-likeness (QED) is 0.0767. The molecule has 0 radical (unpaired) electrons. The van der Waals surface area contributed by atoms with Gasteiger partial charge in [-0.15, -0.1) is 11.3 Å². The van der Waals surface area contributed by atoms with Crippen molar-refractivity contribution in [2.75, 3.05) is 270 Å². The average molecular weight is 1810 g/mol. The van der Waals surface area contributed by atoms with Gasteiger partial charge in [-0.2, -0.15) is 0 Å². The first-order valence-electron chi connectivity index (χ1n) is 48.6. The third-order valence-corrected chi connectivity index (χ3v) is 26.8. The minimum Gasteiger partial charge on any atom is -0.394 e. The van der Waals surface area contributed by atoms with Crippen molar-refractivity contribution in [1.29, 1.82) is 0 Å². The Morgan fingerprint density at radius 3 is 1.13 bits per heavy atom. The normalized spacial score (nSPS) is 19.6. The second-order valence-corrected chi connectivity index (χ2v) is 44.5. The van der Waals surface area contributed by atoms with E-state index < -0.39 is 0 Å². The first kappa shape index (κ1) is 110. The molecule has 0 aliphatic carbocycles. The van der Waals surface area contributed by atoms with Crippen LogP contribution in [-0.2, 0) is 29.0 Å². The molecule has 3 N–H and O–H groups in total. The van der Waals surface area contributed by atoms with Gasteiger partial charge in [-0.05, 0) is 226 Å². The highest BCUT2D eigenvalue weighted by atomic mass is 32.1. The van der Waals surface area contributed by atoms with Crippen LogP contribution < -0.4 is 20.4 Å². The number of thiazole rings is 1. The number of imidazole rings is 1. The van der Waals surface area contributed by atoms with E-state index in [1.165, 1.54) is 93.9 Å². The molecule has 14 heterocycles. The number of rotatable bonds is 18. The summed E-state index contributed by atoms with van der Waals surface area (Å²) < 4.78 is 7.42. The van der Waals surface area contributed by atoms with Crippen molar-refractivity contribution in [3.8, 4) is 0 Å². The molecular formula is C101H180N24O3S. The predicted octanol–water partition coefficient (Wildman–Crippen LogP) is 11.7. The van der Waals surface area contributed by atoms with E-state index >= 15 is 0 Å². The van der Waals surface area contributed by atoms with Crippen LogP contribution in [0.5, 0.6) is 0 Å². The van der Waals surface area contributed by atoms with Gasteiger partial charge in [0.2, 0.25) is 5.91 Å². The number of nitrogens with zero attached hydrogens (tertiary/aromatic N) is 23. The van der Waals surface area contributed by atoms with Crippen molar-refractivity contribution >= 4 is 33.9 Å². The number of hydrogen-bond acceptors (Lipinski definition) is 26. The zero-order chi connectivity index (χ0) is 94.5. The number of piperazine rings is 8. The highest BCUT2D eigenvalue weighted by Gasteiger charge is 2.34. The lowest BCUT2D eigenvalue weighted by atomic mass is 10.0. The molecule has 8 aliphatic rings. The van der Waals surface area contributed by atoms with E-state index in [-0.39, 0.29) is 23.6 Å². The summed E-state index contributed by atoms with van der Waals surface area (Å²) in [6.45, 7) is 97.8. The Morgan fingerprint density at radius 1 is 0.357 bits per heavy atom. The van der Waals surface area contributed by atoms with E-state index in [0.29, 0.717) is 46.4 Å². The van der Waals surface area contributed by atoms with Crippen LogP contribution in [-0.4, -0.2) is 409 Å². The summed E-state index contributed by atoms with van der Waals surface area (Å²) in [7, 11) is 0. The minimum absolute atomic E-state index is 0.123. The molecule has 728 valence electrons. The Morgan fingerprint density at radius 2 is 0.760 bits per heavy atom. The van der Waals surface area contributed by atoms with E-state index in [1.807, 2.05) is 91.9 Å². The van der Waals surface area contributed by atoms with E-state index in [1.54, 1.807) is 11.3 Å². The van der Waals surface area contributed by atoms with E-state index in [2.05, 4.69) is 315 Å². The SMILES string of the molecule is CC(C)(C)N1CCN(CC(N)=O)CC1.CC(C)(C)N1CCN(CCOCCO)CC1.CC(C)(C)N1CCN(CCc2ccncc2)CC1.CC(C)(C)N1CCN(CCn2ccnc2)CC1.CC(C)(C)N1CCN(Cc2cccnc2)CC1.CC(C)(C)N1CCN(c2ccccn2)CC1.CC(C)(C)N1CCN(c2cccnc2)CC1.CC(C)(C)N1CCN(c2nccs2)CC1. The van der Waals surface area contributed by atoms with Gasteiger partial charge in [0.25, 0.3) is 0 Å². The minimum atomic E-state index is -0.228. The Labute approximate surface area is 787 Å². The van der Waals surface area contributed by atoms with Gasteiger partial charge in [-0.3, -0.25) is 78.5 Å². The second kappa shape index (κ2) is 53.7. The molecule has 1 amide bonds. The van der Waals surface area contributed by atoms with Crippen LogP contribution in [0.25, 0.3) is 0 Å². The fraction of sp³-hybridized carbons (Fsp3) is 0.733. The molecule has 8 fully saturated rings. The number of primary amides is 1. The lowest BCUT2D eigenvalue weighted by Gasteiger charge is -2.42. The fourth-order valence-electron chi connectivity index (χ4n) is 17.2. The fourth-order valence-corrected chi connectivity index (χ4v) is 17.9. The number of ether oxygens (including phenoxy) is 1. The Balaban J connectivity index is 0.000000202. The molecule has 0 spiro atoms. The Hall–Kier alpha value is -6.29. The smallest absolute Gasteiger partial charge is 0.231 e. The summed E-state index contributed by atoms with van der Waals surface area (Å²) in [5.41, 5.74) is 11.4. The third-order valence-electron chi connectivity index (χ3n) is 26.0. The lowest BCUT2D eigenvalue weighted by Crippen LogP contribution is -2.54. The summed E-state index contributed by atoms with van der Waals surface area (Å²) >= 11 is 1.73. The number of hydrogen-bond donors (Lipinski definition) is 2. The number of pyridine rings is 4. The number of carbonyl (C=O) groups is 1. The largest absolute Gasteiger partial charge is 0.394 e. The van der Waals surface area contributed by atoms with Crippen LogP contribution in [0.15, 0.2) is 128 Å². The molecule has 0 aromatic carbocycles. The van der Waals surface area contributed by atoms with Gasteiger partial charge in [0.05, 0.1) is 44.6 Å². The molecule has 28 heteroatoms. The molecular weight excluding hydrogens is 1630 g/mol. The number of carbonyl (C=O) groups excluding carboxylic acids is 1. The van der Waals surface area contributed by atoms with Crippen molar-refractivity contribution in [3.05, 3.63) is 139 Å². The number of aliphatic hydroxyl groups is 1. The first-order chi connectivity index (χ1) is 60.8. The number of aliphatic hydroxyl groups excluding tert-OH is 1. The molecule has 27 nitrogen and oxygen atoms in total. The van der Waals surface area contributed by atoms with E-state index in [9.17, 15) is 4.79 Å².